The topological polar surface area (TPSA) is 49.8 Å². The number of anilines is 1. The smallest absolute Gasteiger partial charge is 0.264 e. The highest BCUT2D eigenvalue weighted by Crippen LogP contribution is 2.58. The fourth-order valence-corrected chi connectivity index (χ4v) is 4.98. The van der Waals surface area contributed by atoms with Gasteiger partial charge in [-0.2, -0.15) is 0 Å². The molecule has 2 aromatic carbocycles. The van der Waals surface area contributed by atoms with Crippen LogP contribution in [0.2, 0.25) is 0 Å². The largest absolute Gasteiger partial charge is 0.378 e. The van der Waals surface area contributed by atoms with Crippen molar-refractivity contribution in [3.05, 3.63) is 59.7 Å². The molecule has 0 bridgehead atoms. The highest BCUT2D eigenvalue weighted by atomic mass is 31.2. The number of aliphatic hydroxyl groups excluding tert-OH is 1. The van der Waals surface area contributed by atoms with E-state index in [0.717, 1.165) is 5.69 Å². The van der Waals surface area contributed by atoms with Gasteiger partial charge in [0.2, 0.25) is 0 Å². The zero-order valence-corrected chi connectivity index (χ0v) is 18.1. The molecule has 0 aliphatic rings. The molecule has 0 heterocycles. The van der Waals surface area contributed by atoms with Gasteiger partial charge < -0.3 is 14.5 Å². The van der Waals surface area contributed by atoms with Crippen LogP contribution in [0.3, 0.4) is 0 Å². The van der Waals surface area contributed by atoms with Crippen molar-refractivity contribution in [3.8, 4) is 0 Å². The molecule has 2 aromatic rings. The Labute approximate surface area is 163 Å². The Morgan fingerprint density at radius 1 is 0.926 bits per heavy atom. The third-order valence-electron chi connectivity index (χ3n) is 4.55. The van der Waals surface area contributed by atoms with Crippen LogP contribution in [-0.4, -0.2) is 25.8 Å². The second-order valence-electron chi connectivity index (χ2n) is 7.89. The summed E-state index contributed by atoms with van der Waals surface area (Å²) in [6, 6.07) is 15.0. The van der Waals surface area contributed by atoms with Gasteiger partial charge in [0.15, 0.2) is 5.85 Å². The van der Waals surface area contributed by atoms with Crippen molar-refractivity contribution in [1.29, 1.82) is 0 Å². The number of rotatable bonds is 8. The van der Waals surface area contributed by atoms with Gasteiger partial charge in [-0.3, -0.25) is 4.57 Å². The van der Waals surface area contributed by atoms with Crippen LogP contribution >= 0.6 is 7.37 Å². The summed E-state index contributed by atoms with van der Waals surface area (Å²) in [4.78, 5) is 1.98. The quantitative estimate of drug-likeness (QED) is 0.635. The van der Waals surface area contributed by atoms with Gasteiger partial charge in [0, 0.05) is 25.1 Å². The molecule has 27 heavy (non-hydrogen) atoms. The van der Waals surface area contributed by atoms with Crippen molar-refractivity contribution < 1.29 is 14.2 Å². The Morgan fingerprint density at radius 2 is 1.44 bits per heavy atom. The van der Waals surface area contributed by atoms with Gasteiger partial charge >= 0.3 is 0 Å². The highest BCUT2D eigenvalue weighted by molar-refractivity contribution is 7.67. The van der Waals surface area contributed by atoms with Crippen molar-refractivity contribution in [2.45, 2.75) is 39.5 Å². The number of hydrogen-bond acceptors (Lipinski definition) is 4. The molecule has 5 heteroatoms. The molecule has 0 saturated carbocycles. The molecule has 0 amide bonds. The molecular weight excluding hydrogens is 357 g/mol. The Balaban J connectivity index is 2.40. The molecule has 148 valence electrons. The van der Waals surface area contributed by atoms with E-state index in [-0.39, 0.29) is 5.92 Å². The second kappa shape index (κ2) is 9.05. The summed E-state index contributed by atoms with van der Waals surface area (Å²) in [5, 5.41) is 11.6. The van der Waals surface area contributed by atoms with Crippen LogP contribution in [0.5, 0.6) is 0 Å². The molecule has 4 nitrogen and oxygen atoms in total. The van der Waals surface area contributed by atoms with Crippen LogP contribution in [0.1, 0.15) is 50.6 Å². The molecule has 0 unspecified atom stereocenters. The summed E-state index contributed by atoms with van der Waals surface area (Å²) in [6.45, 7) is 8.57. The van der Waals surface area contributed by atoms with Crippen LogP contribution in [0.25, 0.3) is 0 Å². The Hall–Kier alpha value is -1.61. The normalized spacial score (nSPS) is 15.0. The molecular formula is C22H32NO3P. The molecule has 0 aliphatic carbocycles. The van der Waals surface area contributed by atoms with Gasteiger partial charge in [-0.15, -0.1) is 0 Å². The lowest BCUT2D eigenvalue weighted by atomic mass is 10.0. The first kappa shape index (κ1) is 21.7. The van der Waals surface area contributed by atoms with Gasteiger partial charge in [-0.1, -0.05) is 52.0 Å². The number of benzene rings is 2. The van der Waals surface area contributed by atoms with Crippen LogP contribution in [0.4, 0.5) is 5.69 Å². The third kappa shape index (κ3) is 5.22. The zero-order chi connectivity index (χ0) is 20.2. The standard InChI is InChI=1S/C22H32NO3P/c1-16(2)15-26-27(25,21-13-11-20(12-14-21)23(5)6)22(24)19-9-7-18(8-10-19)17(3)4/h7-14,16-17,22,24H,15H2,1-6H3/t22-,27+/m0/s1. The first-order chi connectivity index (χ1) is 12.6. The number of aliphatic hydroxyl groups is 1. The van der Waals surface area contributed by atoms with Gasteiger partial charge in [0.25, 0.3) is 7.37 Å². The van der Waals surface area contributed by atoms with Crippen molar-refractivity contribution >= 4 is 18.4 Å². The Bertz CT molecular complexity index is 767. The van der Waals surface area contributed by atoms with Gasteiger partial charge in [-0.05, 0) is 47.2 Å². The Morgan fingerprint density at radius 3 is 1.89 bits per heavy atom. The van der Waals surface area contributed by atoms with E-state index >= 15 is 0 Å². The molecule has 2 atom stereocenters. The first-order valence-corrected chi connectivity index (χ1v) is 11.1. The molecule has 2 rings (SSSR count). The van der Waals surface area contributed by atoms with Crippen LogP contribution in [0, 0.1) is 5.92 Å². The lowest BCUT2D eigenvalue weighted by Crippen LogP contribution is -2.17. The summed E-state index contributed by atoms with van der Waals surface area (Å²) < 4.78 is 19.7. The lowest BCUT2D eigenvalue weighted by molar-refractivity contribution is 0.203. The van der Waals surface area contributed by atoms with Crippen molar-refractivity contribution in [2.24, 2.45) is 5.92 Å². The predicted octanol–water partition coefficient (Wildman–Crippen LogP) is 5.14. The maximum absolute atomic E-state index is 13.8. The molecule has 0 spiro atoms. The fraction of sp³-hybridized carbons (Fsp3) is 0.455. The summed E-state index contributed by atoms with van der Waals surface area (Å²) in [5.74, 6) is -0.573. The van der Waals surface area contributed by atoms with Crippen LogP contribution in [0.15, 0.2) is 48.5 Å². The van der Waals surface area contributed by atoms with E-state index in [4.69, 9.17) is 4.52 Å². The van der Waals surface area contributed by atoms with E-state index in [1.165, 1.54) is 5.56 Å². The van der Waals surface area contributed by atoms with Crippen molar-refractivity contribution in [2.75, 3.05) is 25.6 Å². The molecule has 0 fully saturated rings. The van der Waals surface area contributed by atoms with Gasteiger partial charge in [-0.25, -0.2) is 0 Å². The maximum Gasteiger partial charge on any atom is 0.264 e. The van der Waals surface area contributed by atoms with E-state index in [1.807, 2.05) is 69.2 Å². The minimum atomic E-state index is -3.49. The molecule has 0 aromatic heterocycles. The summed E-state index contributed by atoms with van der Waals surface area (Å²) in [5.41, 5.74) is 2.80. The maximum atomic E-state index is 13.8. The van der Waals surface area contributed by atoms with E-state index in [9.17, 15) is 9.67 Å². The number of nitrogens with zero attached hydrogens (tertiary/aromatic N) is 1. The SMILES string of the molecule is CC(C)CO[P@](=O)(c1ccc(N(C)C)cc1)[C@H](O)c1ccc(C(C)C)cc1. The zero-order valence-electron chi connectivity index (χ0n) is 17.2. The van der Waals surface area contributed by atoms with Gasteiger partial charge in [0.05, 0.1) is 6.61 Å². The van der Waals surface area contributed by atoms with E-state index < -0.39 is 13.2 Å². The van der Waals surface area contributed by atoms with E-state index in [2.05, 4.69) is 13.8 Å². The summed E-state index contributed by atoms with van der Waals surface area (Å²) in [7, 11) is 0.416. The lowest BCUT2D eigenvalue weighted by Gasteiger charge is -2.26. The Kier molecular flexibility index (Phi) is 7.27. The average Bonchev–Trinajstić information content (AvgIpc) is 2.65. The third-order valence-corrected chi connectivity index (χ3v) is 7.04. The van der Waals surface area contributed by atoms with Crippen molar-refractivity contribution in [3.63, 3.8) is 0 Å². The average molecular weight is 389 g/mol. The van der Waals surface area contributed by atoms with E-state index in [1.54, 1.807) is 12.1 Å². The fourth-order valence-electron chi connectivity index (χ4n) is 2.75. The molecule has 0 radical (unpaired) electrons. The monoisotopic (exact) mass is 389 g/mol. The minimum absolute atomic E-state index is 0.217. The summed E-state index contributed by atoms with van der Waals surface area (Å²) in [6.07, 6.45) is 0. The molecule has 1 N–H and O–H groups in total. The number of hydrogen-bond donors (Lipinski definition) is 1. The molecule has 0 aliphatic heterocycles. The second-order valence-corrected chi connectivity index (χ2v) is 10.4. The van der Waals surface area contributed by atoms with Crippen molar-refractivity contribution in [1.82, 2.24) is 0 Å². The first-order valence-electron chi connectivity index (χ1n) is 9.45. The predicted molar refractivity (Wildman–Crippen MR) is 114 cm³/mol. The van der Waals surface area contributed by atoms with Gasteiger partial charge in [0.1, 0.15) is 0 Å². The highest BCUT2D eigenvalue weighted by Gasteiger charge is 2.36. The minimum Gasteiger partial charge on any atom is -0.378 e. The van der Waals surface area contributed by atoms with Crippen LogP contribution in [-0.2, 0) is 9.09 Å². The van der Waals surface area contributed by atoms with Crippen LogP contribution < -0.4 is 10.2 Å². The molecule has 0 saturated heterocycles. The summed E-state index contributed by atoms with van der Waals surface area (Å²) >= 11 is 0. The van der Waals surface area contributed by atoms with E-state index in [0.29, 0.717) is 23.4 Å².